The van der Waals surface area contributed by atoms with E-state index in [9.17, 15) is 9.59 Å². The molecule has 0 radical (unpaired) electrons. The van der Waals surface area contributed by atoms with E-state index in [-0.39, 0.29) is 17.9 Å². The van der Waals surface area contributed by atoms with E-state index in [4.69, 9.17) is 4.74 Å². The number of ether oxygens (including phenoxy) is 1. The van der Waals surface area contributed by atoms with E-state index in [0.717, 1.165) is 17.9 Å². The maximum absolute atomic E-state index is 12.3. The Morgan fingerprint density at radius 1 is 1.04 bits per heavy atom. The molecule has 2 amide bonds. The van der Waals surface area contributed by atoms with Gasteiger partial charge in [-0.2, -0.15) is 0 Å². The normalized spacial score (nSPS) is 13.3. The van der Waals surface area contributed by atoms with Crippen LogP contribution < -0.4 is 10.1 Å². The molecule has 1 fully saturated rings. The maximum atomic E-state index is 12.3. The van der Waals surface area contributed by atoms with Crippen molar-refractivity contribution in [3.63, 3.8) is 0 Å². The van der Waals surface area contributed by atoms with Crippen molar-refractivity contribution in [2.24, 2.45) is 5.92 Å². The highest BCUT2D eigenvalue weighted by atomic mass is 16.5. The Morgan fingerprint density at radius 2 is 1.64 bits per heavy atom. The van der Waals surface area contributed by atoms with Gasteiger partial charge in [-0.3, -0.25) is 9.59 Å². The van der Waals surface area contributed by atoms with Gasteiger partial charge in [0.25, 0.3) is 11.8 Å². The third-order valence-electron chi connectivity index (χ3n) is 5.05. The lowest BCUT2D eigenvalue weighted by Crippen LogP contribution is -2.32. The highest BCUT2D eigenvalue weighted by Gasteiger charge is 2.21. The van der Waals surface area contributed by atoms with E-state index in [1.165, 1.54) is 12.8 Å². The Labute approximate surface area is 166 Å². The molecule has 148 valence electrons. The Kier molecular flexibility index (Phi) is 6.34. The predicted octanol–water partition coefficient (Wildman–Crippen LogP) is 3.89. The number of carbonyl (C=O) groups is 2. The smallest absolute Gasteiger partial charge is 0.253 e. The van der Waals surface area contributed by atoms with Crippen LogP contribution in [0.5, 0.6) is 5.75 Å². The van der Waals surface area contributed by atoms with Crippen molar-refractivity contribution in [3.8, 4) is 5.75 Å². The minimum atomic E-state index is -0.131. The van der Waals surface area contributed by atoms with Crippen LogP contribution in [0.2, 0.25) is 0 Å². The summed E-state index contributed by atoms with van der Waals surface area (Å²) in [5.41, 5.74) is 2.19. The molecule has 0 atom stereocenters. The van der Waals surface area contributed by atoms with E-state index in [0.29, 0.717) is 23.6 Å². The molecule has 0 heterocycles. The van der Waals surface area contributed by atoms with Gasteiger partial charge >= 0.3 is 0 Å². The van der Waals surface area contributed by atoms with E-state index in [1.807, 2.05) is 38.1 Å². The molecule has 1 saturated carbocycles. The maximum Gasteiger partial charge on any atom is 0.253 e. The van der Waals surface area contributed by atoms with E-state index < -0.39 is 0 Å². The molecule has 2 aromatic rings. The van der Waals surface area contributed by atoms with Crippen LogP contribution in [0, 0.1) is 5.92 Å². The van der Waals surface area contributed by atoms with Gasteiger partial charge in [0, 0.05) is 30.8 Å². The van der Waals surface area contributed by atoms with Crippen LogP contribution in [0.15, 0.2) is 48.5 Å². The van der Waals surface area contributed by atoms with Gasteiger partial charge in [-0.05, 0) is 74.6 Å². The Bertz CT molecular complexity index is 809. The second-order valence-corrected chi connectivity index (χ2v) is 7.67. The first-order valence-electron chi connectivity index (χ1n) is 9.81. The summed E-state index contributed by atoms with van der Waals surface area (Å²) in [5.74, 6) is 1.37. The summed E-state index contributed by atoms with van der Waals surface area (Å²) in [6.45, 7) is 5.13. The molecule has 5 nitrogen and oxygen atoms in total. The zero-order valence-electron chi connectivity index (χ0n) is 16.8. The third-order valence-corrected chi connectivity index (χ3v) is 5.05. The number of amides is 2. The Hall–Kier alpha value is -2.82. The quantitative estimate of drug-likeness (QED) is 0.756. The van der Waals surface area contributed by atoms with Crippen LogP contribution in [-0.2, 0) is 6.54 Å². The van der Waals surface area contributed by atoms with Gasteiger partial charge in [-0.15, -0.1) is 0 Å². The number of rotatable bonds is 8. The minimum Gasteiger partial charge on any atom is -0.493 e. The zero-order valence-corrected chi connectivity index (χ0v) is 16.8. The van der Waals surface area contributed by atoms with Crippen LogP contribution in [0.25, 0.3) is 0 Å². The lowest BCUT2D eigenvalue weighted by molar-refractivity contribution is 0.0754. The molecule has 1 aliphatic carbocycles. The molecule has 1 aliphatic rings. The topological polar surface area (TPSA) is 58.6 Å². The Morgan fingerprint density at radius 3 is 2.21 bits per heavy atom. The molecule has 0 unspecified atom stereocenters. The standard InChI is InChI=1S/C23H28N2O3/c1-16(2)25(3)23(27)20-8-6-17(7-9-20)14-24-22(26)19-10-12-21(13-11-19)28-15-18-4-5-18/h6-13,16,18H,4-5,14-15H2,1-3H3,(H,24,26). The van der Waals surface area contributed by atoms with Crippen LogP contribution in [0.1, 0.15) is 53.0 Å². The van der Waals surface area contributed by atoms with Crippen molar-refractivity contribution in [2.45, 2.75) is 39.3 Å². The summed E-state index contributed by atoms with van der Waals surface area (Å²) in [4.78, 5) is 26.3. The highest BCUT2D eigenvalue weighted by Crippen LogP contribution is 2.29. The molecule has 0 bridgehead atoms. The molecule has 0 aromatic heterocycles. The van der Waals surface area contributed by atoms with E-state index in [2.05, 4.69) is 5.32 Å². The lowest BCUT2D eigenvalue weighted by atomic mass is 10.1. The number of nitrogens with one attached hydrogen (secondary N) is 1. The first-order valence-corrected chi connectivity index (χ1v) is 9.81. The van der Waals surface area contributed by atoms with Crippen molar-refractivity contribution in [3.05, 3.63) is 65.2 Å². The monoisotopic (exact) mass is 380 g/mol. The van der Waals surface area contributed by atoms with Crippen molar-refractivity contribution in [1.82, 2.24) is 10.2 Å². The molecule has 0 aliphatic heterocycles. The van der Waals surface area contributed by atoms with Gasteiger partial charge in [0.05, 0.1) is 6.61 Å². The molecular weight excluding hydrogens is 352 g/mol. The summed E-state index contributed by atoms with van der Waals surface area (Å²) in [5, 5.41) is 2.91. The van der Waals surface area contributed by atoms with Crippen molar-refractivity contribution in [1.29, 1.82) is 0 Å². The molecule has 5 heteroatoms. The number of carbonyl (C=O) groups excluding carboxylic acids is 2. The number of nitrogens with zero attached hydrogens (tertiary/aromatic N) is 1. The minimum absolute atomic E-state index is 0.00502. The van der Waals surface area contributed by atoms with Gasteiger partial charge in [-0.1, -0.05) is 12.1 Å². The fraction of sp³-hybridized carbons (Fsp3) is 0.391. The summed E-state index contributed by atoms with van der Waals surface area (Å²) in [6.07, 6.45) is 2.51. The SMILES string of the molecule is CC(C)N(C)C(=O)c1ccc(CNC(=O)c2ccc(OCC3CC3)cc2)cc1. The molecule has 0 spiro atoms. The van der Waals surface area contributed by atoms with E-state index in [1.54, 1.807) is 36.2 Å². The number of hydrogen-bond donors (Lipinski definition) is 1. The van der Waals surface area contributed by atoms with Crippen LogP contribution >= 0.6 is 0 Å². The molecule has 1 N–H and O–H groups in total. The average molecular weight is 380 g/mol. The first kappa shape index (κ1) is 19.9. The largest absolute Gasteiger partial charge is 0.493 e. The van der Waals surface area contributed by atoms with Crippen molar-refractivity contribution < 1.29 is 14.3 Å². The van der Waals surface area contributed by atoms with Crippen LogP contribution in [0.4, 0.5) is 0 Å². The lowest BCUT2D eigenvalue weighted by Gasteiger charge is -2.21. The summed E-state index contributed by atoms with van der Waals surface area (Å²) >= 11 is 0. The number of hydrogen-bond acceptors (Lipinski definition) is 3. The third kappa shape index (κ3) is 5.35. The van der Waals surface area contributed by atoms with Gasteiger partial charge in [0.2, 0.25) is 0 Å². The van der Waals surface area contributed by atoms with E-state index >= 15 is 0 Å². The molecule has 28 heavy (non-hydrogen) atoms. The first-order chi connectivity index (χ1) is 13.4. The van der Waals surface area contributed by atoms with Crippen molar-refractivity contribution in [2.75, 3.05) is 13.7 Å². The second kappa shape index (κ2) is 8.91. The fourth-order valence-electron chi connectivity index (χ4n) is 2.69. The zero-order chi connectivity index (χ0) is 20.1. The predicted molar refractivity (Wildman–Crippen MR) is 110 cm³/mol. The highest BCUT2D eigenvalue weighted by molar-refractivity contribution is 5.95. The second-order valence-electron chi connectivity index (χ2n) is 7.67. The molecule has 3 rings (SSSR count). The summed E-state index contributed by atoms with van der Waals surface area (Å²) < 4.78 is 5.69. The van der Waals surface area contributed by atoms with Gasteiger partial charge in [0.15, 0.2) is 0 Å². The van der Waals surface area contributed by atoms with Crippen molar-refractivity contribution >= 4 is 11.8 Å². The molecule has 2 aromatic carbocycles. The summed E-state index contributed by atoms with van der Waals surface area (Å²) in [6, 6.07) is 14.7. The average Bonchev–Trinajstić information content (AvgIpc) is 3.54. The fourth-order valence-corrected chi connectivity index (χ4v) is 2.69. The summed E-state index contributed by atoms with van der Waals surface area (Å²) in [7, 11) is 1.80. The Balaban J connectivity index is 1.50. The van der Waals surface area contributed by atoms with Gasteiger partial charge < -0.3 is 15.0 Å². The van der Waals surface area contributed by atoms with Gasteiger partial charge in [-0.25, -0.2) is 0 Å². The molecule has 0 saturated heterocycles. The van der Waals surface area contributed by atoms with Crippen LogP contribution in [-0.4, -0.2) is 36.4 Å². The molecular formula is C23H28N2O3. The van der Waals surface area contributed by atoms with Gasteiger partial charge in [0.1, 0.15) is 5.75 Å². The van der Waals surface area contributed by atoms with Crippen LogP contribution in [0.3, 0.4) is 0 Å². The number of benzene rings is 2.